The van der Waals surface area contributed by atoms with Crippen molar-refractivity contribution < 1.29 is 14.1 Å². The lowest BCUT2D eigenvalue weighted by Gasteiger charge is -2.21. The lowest BCUT2D eigenvalue weighted by Crippen LogP contribution is -2.26. The van der Waals surface area contributed by atoms with Crippen LogP contribution in [0.1, 0.15) is 72.6 Å². The number of rotatable bonds is 6. The summed E-state index contributed by atoms with van der Waals surface area (Å²) in [6.07, 6.45) is 6.55. The van der Waals surface area contributed by atoms with E-state index in [0.29, 0.717) is 11.7 Å². The fraction of sp³-hybridized carbons (Fsp3) is 0.360. The maximum atomic E-state index is 12.6. The monoisotopic (exact) mass is 404 g/mol. The molecule has 1 N–H and O–H groups in total. The lowest BCUT2D eigenvalue weighted by molar-refractivity contribution is 0.0930. The summed E-state index contributed by atoms with van der Waals surface area (Å²) in [5.41, 5.74) is 3.56. The van der Waals surface area contributed by atoms with Gasteiger partial charge >= 0.3 is 0 Å². The van der Waals surface area contributed by atoms with E-state index in [1.165, 1.54) is 37.7 Å². The Labute approximate surface area is 177 Å². The SMILES string of the molecule is COc1cccc([C@@H](C)NC(=O)c2cc(-c3ccc(C4CCCCC4)cc3)on2)c1. The van der Waals surface area contributed by atoms with Crippen LogP contribution in [0.15, 0.2) is 59.1 Å². The molecule has 1 aliphatic carbocycles. The molecule has 1 amide bonds. The molecule has 4 rings (SSSR count). The molecule has 1 aliphatic rings. The molecule has 1 atom stereocenters. The number of methoxy groups -OCH3 is 1. The van der Waals surface area contributed by atoms with Gasteiger partial charge in [-0.1, -0.05) is 60.8 Å². The fourth-order valence-corrected chi connectivity index (χ4v) is 4.14. The highest BCUT2D eigenvalue weighted by atomic mass is 16.5. The molecule has 0 spiro atoms. The number of hydrogen-bond donors (Lipinski definition) is 1. The highest BCUT2D eigenvalue weighted by Gasteiger charge is 2.18. The van der Waals surface area contributed by atoms with Crippen molar-refractivity contribution in [2.45, 2.75) is 51.0 Å². The molecular formula is C25H28N2O3. The molecule has 1 fully saturated rings. The number of nitrogens with one attached hydrogen (secondary N) is 1. The first-order chi connectivity index (χ1) is 14.6. The molecule has 3 aromatic rings. The Bertz CT molecular complexity index is 988. The van der Waals surface area contributed by atoms with Crippen molar-refractivity contribution in [1.82, 2.24) is 10.5 Å². The molecule has 1 aromatic heterocycles. The van der Waals surface area contributed by atoms with Crippen LogP contribution < -0.4 is 10.1 Å². The molecule has 1 saturated carbocycles. The quantitative estimate of drug-likeness (QED) is 0.556. The zero-order valence-electron chi connectivity index (χ0n) is 17.6. The van der Waals surface area contributed by atoms with E-state index in [1.54, 1.807) is 13.2 Å². The van der Waals surface area contributed by atoms with Gasteiger partial charge in [-0.3, -0.25) is 4.79 Å². The van der Waals surface area contributed by atoms with Crippen molar-refractivity contribution in [3.8, 4) is 17.1 Å². The highest BCUT2D eigenvalue weighted by molar-refractivity contribution is 5.93. The zero-order valence-corrected chi connectivity index (χ0v) is 17.6. The van der Waals surface area contributed by atoms with E-state index < -0.39 is 0 Å². The second-order valence-corrected chi connectivity index (χ2v) is 8.01. The molecular weight excluding hydrogens is 376 g/mol. The van der Waals surface area contributed by atoms with Gasteiger partial charge < -0.3 is 14.6 Å². The Hall–Kier alpha value is -3.08. The number of benzene rings is 2. The number of carbonyl (C=O) groups excluding carboxylic acids is 1. The van der Waals surface area contributed by atoms with E-state index in [4.69, 9.17) is 9.26 Å². The predicted octanol–water partition coefficient (Wildman–Crippen LogP) is 5.89. The number of aromatic nitrogens is 1. The van der Waals surface area contributed by atoms with Crippen LogP contribution in [0.25, 0.3) is 11.3 Å². The van der Waals surface area contributed by atoms with Gasteiger partial charge in [-0.25, -0.2) is 0 Å². The number of nitrogens with zero attached hydrogens (tertiary/aromatic N) is 1. The third-order valence-corrected chi connectivity index (χ3v) is 5.96. The minimum atomic E-state index is -0.265. The summed E-state index contributed by atoms with van der Waals surface area (Å²) < 4.78 is 10.7. The average Bonchev–Trinajstić information content (AvgIpc) is 3.30. The summed E-state index contributed by atoms with van der Waals surface area (Å²) >= 11 is 0. The second-order valence-electron chi connectivity index (χ2n) is 8.01. The van der Waals surface area contributed by atoms with Crippen LogP contribution in [0, 0.1) is 0 Å². The fourth-order valence-electron chi connectivity index (χ4n) is 4.14. The van der Waals surface area contributed by atoms with Crippen molar-refractivity contribution >= 4 is 5.91 Å². The van der Waals surface area contributed by atoms with Gasteiger partial charge in [0.15, 0.2) is 11.5 Å². The number of hydrogen-bond acceptors (Lipinski definition) is 4. The van der Waals surface area contributed by atoms with Crippen LogP contribution in [0.4, 0.5) is 0 Å². The number of amides is 1. The molecule has 0 radical (unpaired) electrons. The molecule has 5 heteroatoms. The van der Waals surface area contributed by atoms with Gasteiger partial charge in [0.05, 0.1) is 13.2 Å². The Morgan fingerprint density at radius 3 is 2.60 bits per heavy atom. The molecule has 5 nitrogen and oxygen atoms in total. The van der Waals surface area contributed by atoms with Crippen LogP contribution in [-0.2, 0) is 0 Å². The van der Waals surface area contributed by atoms with Gasteiger partial charge in [0.25, 0.3) is 5.91 Å². The van der Waals surface area contributed by atoms with Gasteiger partial charge in [0.2, 0.25) is 0 Å². The minimum Gasteiger partial charge on any atom is -0.497 e. The van der Waals surface area contributed by atoms with Gasteiger partial charge in [-0.15, -0.1) is 0 Å². The Balaban J connectivity index is 1.42. The van der Waals surface area contributed by atoms with E-state index >= 15 is 0 Å². The van der Waals surface area contributed by atoms with Gasteiger partial charge in [0.1, 0.15) is 5.75 Å². The van der Waals surface area contributed by atoms with E-state index in [0.717, 1.165) is 16.9 Å². The molecule has 30 heavy (non-hydrogen) atoms. The van der Waals surface area contributed by atoms with Crippen LogP contribution in [0.3, 0.4) is 0 Å². The van der Waals surface area contributed by atoms with Crippen LogP contribution in [0.2, 0.25) is 0 Å². The summed E-state index contributed by atoms with van der Waals surface area (Å²) in [4.78, 5) is 12.6. The smallest absolute Gasteiger partial charge is 0.273 e. The van der Waals surface area contributed by atoms with Crippen molar-refractivity contribution in [2.24, 2.45) is 0 Å². The molecule has 0 unspecified atom stereocenters. The first-order valence-electron chi connectivity index (χ1n) is 10.7. The maximum Gasteiger partial charge on any atom is 0.273 e. The summed E-state index contributed by atoms with van der Waals surface area (Å²) in [5, 5.41) is 6.94. The molecule has 2 aromatic carbocycles. The van der Waals surface area contributed by atoms with Crippen molar-refractivity contribution in [3.63, 3.8) is 0 Å². The summed E-state index contributed by atoms with van der Waals surface area (Å²) in [7, 11) is 1.63. The van der Waals surface area contributed by atoms with E-state index in [-0.39, 0.29) is 17.6 Å². The van der Waals surface area contributed by atoms with Crippen LogP contribution in [-0.4, -0.2) is 18.2 Å². The molecule has 0 bridgehead atoms. The average molecular weight is 405 g/mol. The van der Waals surface area contributed by atoms with E-state index in [2.05, 4.69) is 34.7 Å². The van der Waals surface area contributed by atoms with Crippen molar-refractivity contribution in [2.75, 3.05) is 7.11 Å². The number of ether oxygens (including phenoxy) is 1. The van der Waals surface area contributed by atoms with Crippen molar-refractivity contribution in [3.05, 3.63) is 71.4 Å². The molecule has 0 saturated heterocycles. The van der Waals surface area contributed by atoms with E-state index in [9.17, 15) is 4.79 Å². The van der Waals surface area contributed by atoms with Crippen LogP contribution >= 0.6 is 0 Å². The van der Waals surface area contributed by atoms with Crippen LogP contribution in [0.5, 0.6) is 5.75 Å². The Morgan fingerprint density at radius 2 is 1.87 bits per heavy atom. The largest absolute Gasteiger partial charge is 0.497 e. The number of carbonyl (C=O) groups is 1. The first-order valence-corrected chi connectivity index (χ1v) is 10.7. The summed E-state index contributed by atoms with van der Waals surface area (Å²) in [5.74, 6) is 1.76. The normalized spacial score (nSPS) is 15.5. The summed E-state index contributed by atoms with van der Waals surface area (Å²) in [6, 6.07) is 17.6. The summed E-state index contributed by atoms with van der Waals surface area (Å²) in [6.45, 7) is 1.93. The van der Waals surface area contributed by atoms with Crippen molar-refractivity contribution in [1.29, 1.82) is 0 Å². The predicted molar refractivity (Wildman–Crippen MR) is 117 cm³/mol. The third kappa shape index (κ3) is 4.56. The van der Waals surface area contributed by atoms with Gasteiger partial charge in [-0.2, -0.15) is 0 Å². The highest BCUT2D eigenvalue weighted by Crippen LogP contribution is 2.33. The van der Waals surface area contributed by atoms with Gasteiger partial charge in [-0.05, 0) is 48.9 Å². The lowest BCUT2D eigenvalue weighted by atomic mass is 9.84. The first kappa shape index (κ1) is 20.2. The maximum absolute atomic E-state index is 12.6. The third-order valence-electron chi connectivity index (χ3n) is 5.96. The van der Waals surface area contributed by atoms with E-state index in [1.807, 2.05) is 31.2 Å². The second kappa shape index (κ2) is 9.16. The molecule has 0 aliphatic heterocycles. The van der Waals surface area contributed by atoms with Gasteiger partial charge in [0, 0.05) is 11.6 Å². The zero-order chi connectivity index (χ0) is 20.9. The Kier molecular flexibility index (Phi) is 6.17. The minimum absolute atomic E-state index is 0.178. The molecule has 156 valence electrons. The topological polar surface area (TPSA) is 64.4 Å². The molecule has 1 heterocycles. The standard InChI is InChI=1S/C25H28N2O3/c1-17(21-9-6-10-22(15-21)29-2)26-25(28)23-16-24(30-27-23)20-13-11-19(12-14-20)18-7-4-3-5-8-18/h6,9-18H,3-5,7-8H2,1-2H3,(H,26,28)/t17-/m1/s1. The Morgan fingerprint density at radius 1 is 1.10 bits per heavy atom.